The van der Waals surface area contributed by atoms with E-state index in [1.54, 1.807) is 19.1 Å². The summed E-state index contributed by atoms with van der Waals surface area (Å²) in [4.78, 5) is 22.5. The van der Waals surface area contributed by atoms with Gasteiger partial charge in [-0.2, -0.15) is 0 Å². The SMILES string of the molecule is CC(C)CCOC(C)C(=O)Nc1ccc(CCC(=O)O)cc1. The number of aliphatic carboxylic acids is 1. The van der Waals surface area contributed by atoms with Gasteiger partial charge >= 0.3 is 5.97 Å². The van der Waals surface area contributed by atoms with Crippen LogP contribution in [0.5, 0.6) is 0 Å². The predicted molar refractivity (Wildman–Crippen MR) is 85.9 cm³/mol. The quantitative estimate of drug-likeness (QED) is 0.735. The van der Waals surface area contributed by atoms with Gasteiger partial charge in [0.05, 0.1) is 0 Å². The van der Waals surface area contributed by atoms with Crippen molar-refractivity contribution >= 4 is 17.6 Å². The van der Waals surface area contributed by atoms with Crippen LogP contribution in [0.3, 0.4) is 0 Å². The molecule has 0 heterocycles. The van der Waals surface area contributed by atoms with E-state index in [1.807, 2.05) is 12.1 Å². The summed E-state index contributed by atoms with van der Waals surface area (Å²) in [6.07, 6.45) is 1.02. The summed E-state index contributed by atoms with van der Waals surface area (Å²) in [7, 11) is 0. The van der Waals surface area contributed by atoms with Crippen molar-refractivity contribution in [2.45, 2.75) is 46.1 Å². The zero-order chi connectivity index (χ0) is 16.5. The summed E-state index contributed by atoms with van der Waals surface area (Å²) < 4.78 is 5.50. The van der Waals surface area contributed by atoms with Gasteiger partial charge in [0.15, 0.2) is 0 Å². The Morgan fingerprint density at radius 3 is 2.36 bits per heavy atom. The van der Waals surface area contributed by atoms with Crippen LogP contribution in [0.25, 0.3) is 0 Å². The van der Waals surface area contributed by atoms with Crippen molar-refractivity contribution in [3.63, 3.8) is 0 Å². The zero-order valence-corrected chi connectivity index (χ0v) is 13.5. The molecule has 0 aromatic heterocycles. The summed E-state index contributed by atoms with van der Waals surface area (Å²) in [5, 5.41) is 11.4. The third-order valence-corrected chi connectivity index (χ3v) is 3.28. The van der Waals surface area contributed by atoms with Crippen LogP contribution in [-0.4, -0.2) is 29.7 Å². The molecule has 0 saturated heterocycles. The minimum absolute atomic E-state index is 0.104. The smallest absolute Gasteiger partial charge is 0.303 e. The molecule has 0 saturated carbocycles. The van der Waals surface area contributed by atoms with Gasteiger partial charge in [-0.05, 0) is 43.4 Å². The highest BCUT2D eigenvalue weighted by Crippen LogP contribution is 2.12. The third kappa shape index (κ3) is 7.22. The lowest BCUT2D eigenvalue weighted by atomic mass is 10.1. The number of carboxylic acid groups (broad SMARTS) is 1. The molecule has 0 spiro atoms. The van der Waals surface area contributed by atoms with Crippen LogP contribution in [0.1, 0.15) is 39.2 Å². The van der Waals surface area contributed by atoms with Crippen molar-refractivity contribution in [1.82, 2.24) is 0 Å². The van der Waals surface area contributed by atoms with Crippen molar-refractivity contribution in [2.24, 2.45) is 5.92 Å². The minimum Gasteiger partial charge on any atom is -0.481 e. The van der Waals surface area contributed by atoms with Gasteiger partial charge in [0.1, 0.15) is 6.10 Å². The molecule has 1 unspecified atom stereocenters. The van der Waals surface area contributed by atoms with Gasteiger partial charge < -0.3 is 15.2 Å². The molecule has 22 heavy (non-hydrogen) atoms. The Morgan fingerprint density at radius 1 is 1.18 bits per heavy atom. The van der Waals surface area contributed by atoms with Crippen LogP contribution in [-0.2, 0) is 20.7 Å². The number of carbonyl (C=O) groups excluding carboxylic acids is 1. The highest BCUT2D eigenvalue weighted by Gasteiger charge is 2.13. The number of hydrogen-bond acceptors (Lipinski definition) is 3. The molecule has 1 rings (SSSR count). The number of benzene rings is 1. The van der Waals surface area contributed by atoms with Gasteiger partial charge in [-0.15, -0.1) is 0 Å². The summed E-state index contributed by atoms with van der Waals surface area (Å²) in [6.45, 7) is 6.53. The summed E-state index contributed by atoms with van der Waals surface area (Å²) in [5.41, 5.74) is 1.62. The Labute approximate surface area is 131 Å². The number of rotatable bonds is 9. The van der Waals surface area contributed by atoms with Gasteiger partial charge in [0.25, 0.3) is 5.91 Å². The molecule has 5 nitrogen and oxygen atoms in total. The lowest BCUT2D eigenvalue weighted by molar-refractivity contribution is -0.137. The second-order valence-corrected chi connectivity index (χ2v) is 5.78. The Balaban J connectivity index is 2.42. The first-order valence-corrected chi connectivity index (χ1v) is 7.61. The molecule has 0 radical (unpaired) electrons. The van der Waals surface area contributed by atoms with Crippen LogP contribution in [0.15, 0.2) is 24.3 Å². The zero-order valence-electron chi connectivity index (χ0n) is 13.5. The normalized spacial score (nSPS) is 12.2. The molecular weight excluding hydrogens is 282 g/mol. The molecule has 5 heteroatoms. The molecule has 1 amide bonds. The molecule has 0 aliphatic heterocycles. The maximum absolute atomic E-state index is 12.0. The first-order chi connectivity index (χ1) is 10.4. The Hall–Kier alpha value is -1.88. The van der Waals surface area contributed by atoms with E-state index in [9.17, 15) is 9.59 Å². The van der Waals surface area contributed by atoms with Crippen molar-refractivity contribution in [3.05, 3.63) is 29.8 Å². The highest BCUT2D eigenvalue weighted by atomic mass is 16.5. The van der Waals surface area contributed by atoms with Crippen molar-refractivity contribution in [1.29, 1.82) is 0 Å². The summed E-state index contributed by atoms with van der Waals surface area (Å²) in [5.74, 6) is -0.444. The molecular formula is C17H25NO4. The van der Waals surface area contributed by atoms with E-state index in [2.05, 4.69) is 19.2 Å². The molecule has 2 N–H and O–H groups in total. The standard InChI is InChI=1S/C17H25NO4/c1-12(2)10-11-22-13(3)17(21)18-15-7-4-14(5-8-15)6-9-16(19)20/h4-5,7-8,12-13H,6,9-11H2,1-3H3,(H,18,21)(H,19,20). The fourth-order valence-corrected chi connectivity index (χ4v) is 1.81. The van der Waals surface area contributed by atoms with E-state index in [0.29, 0.717) is 24.6 Å². The molecule has 122 valence electrons. The molecule has 0 fully saturated rings. The van der Waals surface area contributed by atoms with Gasteiger partial charge in [-0.1, -0.05) is 26.0 Å². The molecule has 1 aromatic carbocycles. The van der Waals surface area contributed by atoms with Crippen molar-refractivity contribution in [2.75, 3.05) is 11.9 Å². The van der Waals surface area contributed by atoms with Crippen LogP contribution >= 0.6 is 0 Å². The number of carboxylic acids is 1. The van der Waals surface area contributed by atoms with E-state index in [-0.39, 0.29) is 12.3 Å². The van der Waals surface area contributed by atoms with Gasteiger partial charge in [-0.3, -0.25) is 9.59 Å². The number of hydrogen-bond donors (Lipinski definition) is 2. The number of anilines is 1. The van der Waals surface area contributed by atoms with Crippen LogP contribution in [0, 0.1) is 5.92 Å². The maximum atomic E-state index is 12.0. The molecule has 0 aliphatic rings. The van der Waals surface area contributed by atoms with Gasteiger partial charge in [-0.25, -0.2) is 0 Å². The lowest BCUT2D eigenvalue weighted by Crippen LogP contribution is -2.28. The van der Waals surface area contributed by atoms with E-state index in [4.69, 9.17) is 9.84 Å². The second kappa shape index (κ2) is 9.20. The highest BCUT2D eigenvalue weighted by molar-refractivity contribution is 5.93. The molecule has 0 aliphatic carbocycles. The number of ether oxygens (including phenoxy) is 1. The Morgan fingerprint density at radius 2 is 1.82 bits per heavy atom. The van der Waals surface area contributed by atoms with Gasteiger partial charge in [0, 0.05) is 18.7 Å². The van der Waals surface area contributed by atoms with E-state index < -0.39 is 12.1 Å². The van der Waals surface area contributed by atoms with E-state index in [0.717, 1.165) is 12.0 Å². The molecule has 1 atom stereocenters. The third-order valence-electron chi connectivity index (χ3n) is 3.28. The average molecular weight is 307 g/mol. The van der Waals surface area contributed by atoms with Crippen LogP contribution < -0.4 is 5.32 Å². The fourth-order valence-electron chi connectivity index (χ4n) is 1.81. The topological polar surface area (TPSA) is 75.6 Å². The number of nitrogens with one attached hydrogen (secondary N) is 1. The molecule has 1 aromatic rings. The molecule has 0 bridgehead atoms. The number of carbonyl (C=O) groups is 2. The lowest BCUT2D eigenvalue weighted by Gasteiger charge is -2.14. The van der Waals surface area contributed by atoms with Crippen LogP contribution in [0.4, 0.5) is 5.69 Å². The van der Waals surface area contributed by atoms with Crippen molar-refractivity contribution < 1.29 is 19.4 Å². The minimum atomic E-state index is -0.815. The van der Waals surface area contributed by atoms with E-state index in [1.165, 1.54) is 0 Å². The fraction of sp³-hybridized carbons (Fsp3) is 0.529. The Bertz CT molecular complexity index is 482. The second-order valence-electron chi connectivity index (χ2n) is 5.78. The number of aryl methyl sites for hydroxylation is 1. The largest absolute Gasteiger partial charge is 0.481 e. The maximum Gasteiger partial charge on any atom is 0.303 e. The summed E-state index contributed by atoms with van der Waals surface area (Å²) in [6, 6.07) is 7.19. The van der Waals surface area contributed by atoms with Crippen LogP contribution in [0.2, 0.25) is 0 Å². The number of amides is 1. The Kier molecular flexibility index (Phi) is 7.60. The van der Waals surface area contributed by atoms with Gasteiger partial charge in [0.2, 0.25) is 0 Å². The monoisotopic (exact) mass is 307 g/mol. The predicted octanol–water partition coefficient (Wildman–Crippen LogP) is 3.09. The van der Waals surface area contributed by atoms with Crippen molar-refractivity contribution in [3.8, 4) is 0 Å². The summed E-state index contributed by atoms with van der Waals surface area (Å²) >= 11 is 0. The van der Waals surface area contributed by atoms with E-state index >= 15 is 0 Å². The first kappa shape index (κ1) is 18.2. The first-order valence-electron chi connectivity index (χ1n) is 7.61. The average Bonchev–Trinajstić information content (AvgIpc) is 2.45.